The van der Waals surface area contributed by atoms with Crippen LogP contribution >= 0.6 is 0 Å². The van der Waals surface area contributed by atoms with Gasteiger partial charge in [-0.2, -0.15) is 13.2 Å². The van der Waals surface area contributed by atoms with Gasteiger partial charge >= 0.3 is 12.1 Å². The van der Waals surface area contributed by atoms with Crippen LogP contribution in [0.3, 0.4) is 0 Å². The predicted molar refractivity (Wildman–Crippen MR) is 140 cm³/mol. The average molecular weight is 539 g/mol. The van der Waals surface area contributed by atoms with Crippen LogP contribution in [-0.4, -0.2) is 30.6 Å². The first-order valence-corrected chi connectivity index (χ1v) is 12.5. The van der Waals surface area contributed by atoms with Gasteiger partial charge in [-0.1, -0.05) is 43.3 Å². The van der Waals surface area contributed by atoms with Gasteiger partial charge in [-0.25, -0.2) is 9.97 Å². The number of carbonyl (C=O) groups is 1. The number of aliphatic carboxylic acids is 1. The zero-order valence-electron chi connectivity index (χ0n) is 21.8. The Kier molecular flexibility index (Phi) is 6.02. The molecule has 1 aliphatic carbocycles. The molecule has 0 aliphatic heterocycles. The highest BCUT2D eigenvalue weighted by Crippen LogP contribution is 2.51. The monoisotopic (exact) mass is 538 g/mol. The largest absolute Gasteiger partial charge is 0.481 e. The Morgan fingerprint density at radius 3 is 2.33 bits per heavy atom. The molecule has 0 unspecified atom stereocenters. The van der Waals surface area contributed by atoms with Gasteiger partial charge in [0.2, 0.25) is 0 Å². The summed E-state index contributed by atoms with van der Waals surface area (Å²) in [4.78, 5) is 21.1. The van der Waals surface area contributed by atoms with Crippen molar-refractivity contribution < 1.29 is 28.2 Å². The lowest BCUT2D eigenvalue weighted by atomic mass is 9.81. The molecule has 0 radical (unpaired) electrons. The van der Waals surface area contributed by atoms with Gasteiger partial charge in [0, 0.05) is 23.4 Å². The number of halogens is 3. The fourth-order valence-corrected chi connectivity index (χ4v) is 5.77. The summed E-state index contributed by atoms with van der Waals surface area (Å²) in [5, 5.41) is 21.0. The van der Waals surface area contributed by atoms with Gasteiger partial charge in [0.15, 0.2) is 0 Å². The minimum atomic E-state index is -4.53. The second-order valence-electron chi connectivity index (χ2n) is 11.1. The summed E-state index contributed by atoms with van der Waals surface area (Å²) in [6.45, 7) is 5.21. The molecule has 4 N–H and O–H groups in total. The Morgan fingerprint density at radius 1 is 1.05 bits per heavy atom. The van der Waals surface area contributed by atoms with Gasteiger partial charge in [-0.05, 0) is 56.4 Å². The van der Waals surface area contributed by atoms with Crippen LogP contribution in [0.25, 0.3) is 16.8 Å². The van der Waals surface area contributed by atoms with Crippen LogP contribution in [0.5, 0.6) is 0 Å². The number of hydrogen-bond donors (Lipinski definition) is 3. The molecule has 4 aromatic rings. The van der Waals surface area contributed by atoms with Crippen LogP contribution in [-0.2, 0) is 22.0 Å². The molecule has 1 saturated carbocycles. The Morgan fingerprint density at radius 2 is 1.72 bits per heavy atom. The number of fused-ring (bicyclic) bond motifs is 1. The van der Waals surface area contributed by atoms with Gasteiger partial charge in [0.05, 0.1) is 11.0 Å². The summed E-state index contributed by atoms with van der Waals surface area (Å²) in [7, 11) is 0. The first-order chi connectivity index (χ1) is 18.2. The first-order valence-electron chi connectivity index (χ1n) is 12.5. The fourth-order valence-electron chi connectivity index (χ4n) is 5.77. The van der Waals surface area contributed by atoms with Crippen LogP contribution in [0, 0.1) is 5.41 Å². The topological polar surface area (TPSA) is 114 Å². The van der Waals surface area contributed by atoms with Crippen LogP contribution in [0.15, 0.2) is 60.9 Å². The minimum absolute atomic E-state index is 0.115. The van der Waals surface area contributed by atoms with Crippen molar-refractivity contribution in [3.8, 4) is 11.3 Å². The van der Waals surface area contributed by atoms with E-state index in [-0.39, 0.29) is 11.4 Å². The molecule has 0 bridgehead atoms. The smallest absolute Gasteiger partial charge is 0.416 e. The van der Waals surface area contributed by atoms with Crippen molar-refractivity contribution in [3.63, 3.8) is 0 Å². The van der Waals surface area contributed by atoms with Crippen molar-refractivity contribution >= 4 is 17.3 Å². The van der Waals surface area contributed by atoms with Crippen LogP contribution in [0.4, 0.5) is 19.0 Å². The van der Waals surface area contributed by atoms with Crippen molar-refractivity contribution in [1.82, 2.24) is 14.4 Å². The lowest BCUT2D eigenvalue weighted by Gasteiger charge is -2.25. The van der Waals surface area contributed by atoms with E-state index in [1.807, 2.05) is 11.3 Å². The number of alkyl halides is 3. The lowest BCUT2D eigenvalue weighted by Crippen LogP contribution is -2.29. The van der Waals surface area contributed by atoms with Crippen molar-refractivity contribution in [2.45, 2.75) is 57.2 Å². The highest BCUT2D eigenvalue weighted by molar-refractivity contribution is 5.85. The molecule has 2 aromatic heterocycles. The van der Waals surface area contributed by atoms with Gasteiger partial charge in [-0.3, -0.25) is 9.20 Å². The van der Waals surface area contributed by atoms with Gasteiger partial charge in [0.1, 0.15) is 28.5 Å². The summed E-state index contributed by atoms with van der Waals surface area (Å²) in [6.07, 6.45) is 0.363. The Hall–Kier alpha value is -3.92. The molecule has 2 heterocycles. The average Bonchev–Trinajstić information content (AvgIpc) is 3.44. The van der Waals surface area contributed by atoms with E-state index in [0.717, 1.165) is 12.1 Å². The Bertz CT molecular complexity index is 1580. The van der Waals surface area contributed by atoms with Crippen LogP contribution < -0.4 is 5.73 Å². The van der Waals surface area contributed by atoms with Gasteiger partial charge in [0.25, 0.3) is 0 Å². The second-order valence-corrected chi connectivity index (χ2v) is 11.1. The van der Waals surface area contributed by atoms with Crippen molar-refractivity contribution in [2.75, 3.05) is 5.73 Å². The van der Waals surface area contributed by atoms with Gasteiger partial charge in [-0.15, -0.1) is 0 Å². The number of benzene rings is 2. The number of nitrogens with two attached hydrogens (primary N) is 1. The number of nitrogens with zero attached hydrogens (tertiary/aromatic N) is 3. The molecule has 3 atom stereocenters. The molecule has 1 aliphatic rings. The Balaban J connectivity index is 1.56. The molecule has 2 aromatic carbocycles. The summed E-state index contributed by atoms with van der Waals surface area (Å²) >= 11 is 0. The van der Waals surface area contributed by atoms with E-state index >= 15 is 0 Å². The van der Waals surface area contributed by atoms with E-state index in [9.17, 15) is 28.2 Å². The third-order valence-electron chi connectivity index (χ3n) is 8.12. The predicted octanol–water partition coefficient (Wildman–Crippen LogP) is 5.79. The summed E-state index contributed by atoms with van der Waals surface area (Å²) in [6, 6.07) is 11.4. The number of aliphatic hydroxyl groups is 1. The van der Waals surface area contributed by atoms with Crippen molar-refractivity contribution in [1.29, 1.82) is 0 Å². The zero-order valence-corrected chi connectivity index (χ0v) is 21.8. The van der Waals surface area contributed by atoms with Crippen LogP contribution in [0.2, 0.25) is 0 Å². The number of carboxylic acids is 1. The fraction of sp³-hybridized carbons (Fsp3) is 0.345. The summed E-state index contributed by atoms with van der Waals surface area (Å²) < 4.78 is 41.6. The van der Waals surface area contributed by atoms with Gasteiger partial charge < -0.3 is 15.9 Å². The van der Waals surface area contributed by atoms with Crippen LogP contribution in [0.1, 0.15) is 62.5 Å². The molecule has 0 saturated heterocycles. The standard InChI is InChI=1S/C29H29F3N4O3/c1-26(11-12-27(2,16-26)25(37)38)24-35-21(22-23(33)34-13-14-36(22)24)17-7-9-18(10-8-17)28(3,39)19-5-4-6-20(15-19)29(30,31)32/h4-10,13-15,39H,11-12,16H2,1-3H3,(H2,33,34)(H,37,38)/t26-,27-,28+/m0/s1. The second kappa shape index (κ2) is 8.81. The maximum Gasteiger partial charge on any atom is 0.416 e. The number of aromatic nitrogens is 3. The molecular formula is C29H29F3N4O3. The molecule has 0 amide bonds. The lowest BCUT2D eigenvalue weighted by molar-refractivity contribution is -0.147. The molecule has 0 spiro atoms. The third kappa shape index (κ3) is 4.42. The molecule has 204 valence electrons. The van der Waals surface area contributed by atoms with Crippen molar-refractivity contribution in [3.05, 3.63) is 83.4 Å². The third-order valence-corrected chi connectivity index (χ3v) is 8.12. The molecular weight excluding hydrogens is 509 g/mol. The van der Waals surface area contributed by atoms with E-state index in [4.69, 9.17) is 10.7 Å². The summed E-state index contributed by atoms with van der Waals surface area (Å²) in [5.41, 5.74) is 4.69. The maximum atomic E-state index is 13.2. The van der Waals surface area contributed by atoms with Crippen molar-refractivity contribution in [2.24, 2.45) is 5.41 Å². The highest BCUT2D eigenvalue weighted by atomic mass is 19.4. The zero-order chi connectivity index (χ0) is 28.4. The van der Waals surface area contributed by atoms with E-state index in [0.29, 0.717) is 47.4 Å². The first kappa shape index (κ1) is 26.7. The molecule has 10 heteroatoms. The quantitative estimate of drug-likeness (QED) is 0.297. The van der Waals surface area contributed by atoms with E-state index in [1.54, 1.807) is 43.6 Å². The normalized spacial score (nSPS) is 23.2. The molecule has 1 fully saturated rings. The number of anilines is 1. The Labute approximate surface area is 223 Å². The summed E-state index contributed by atoms with van der Waals surface area (Å²) in [5.74, 6) is 0.109. The number of nitrogen functional groups attached to an aromatic ring is 1. The number of carboxylic acid groups (broad SMARTS) is 1. The van der Waals surface area contributed by atoms with E-state index < -0.39 is 34.1 Å². The minimum Gasteiger partial charge on any atom is -0.481 e. The number of hydrogen-bond acceptors (Lipinski definition) is 5. The highest BCUT2D eigenvalue weighted by Gasteiger charge is 2.50. The SMILES string of the molecule is C[C@]1(C(=O)O)CC[C@](C)(c2nc(-c3ccc([C@@](C)(O)c4cccc(C(F)(F)F)c4)cc3)c3c(N)nccn23)C1. The number of imidazole rings is 1. The number of rotatable bonds is 5. The molecule has 7 nitrogen and oxygen atoms in total. The molecule has 5 rings (SSSR count). The maximum absolute atomic E-state index is 13.2. The van der Waals surface area contributed by atoms with E-state index in [1.165, 1.54) is 19.1 Å². The van der Waals surface area contributed by atoms with E-state index in [2.05, 4.69) is 4.98 Å². The molecule has 39 heavy (non-hydrogen) atoms.